The summed E-state index contributed by atoms with van der Waals surface area (Å²) < 4.78 is 5.13. The quantitative estimate of drug-likeness (QED) is 0.864. The summed E-state index contributed by atoms with van der Waals surface area (Å²) >= 11 is 0. The molecule has 0 atom stereocenters. The van der Waals surface area contributed by atoms with E-state index in [9.17, 15) is 0 Å². The molecule has 0 saturated heterocycles. The van der Waals surface area contributed by atoms with Crippen molar-refractivity contribution >= 4 is 17.0 Å². The summed E-state index contributed by atoms with van der Waals surface area (Å²) in [6.07, 6.45) is 4.33. The Bertz CT molecular complexity index is 542. The lowest BCUT2D eigenvalue weighted by Gasteiger charge is -2.24. The summed E-state index contributed by atoms with van der Waals surface area (Å²) in [6, 6.07) is 3.86. The molecule has 1 N–H and O–H groups in total. The van der Waals surface area contributed by atoms with Gasteiger partial charge in [0.2, 0.25) is 0 Å². The summed E-state index contributed by atoms with van der Waals surface area (Å²) in [7, 11) is 1.73. The van der Waals surface area contributed by atoms with Gasteiger partial charge in [0.05, 0.1) is 0 Å². The Morgan fingerprint density at radius 2 is 2.00 bits per heavy atom. The predicted octanol–water partition coefficient (Wildman–Crippen LogP) is 2.50. The smallest absolute Gasteiger partial charge is 0.180 e. The third kappa shape index (κ3) is 3.86. The van der Waals surface area contributed by atoms with Gasteiger partial charge in [-0.1, -0.05) is 13.8 Å². The Balaban J connectivity index is 2.01. The number of anilines is 1. The standard InChI is InChI=1S/C14H20N4O/c1-14(2,6-9-19-3)10-17-12-5-4-11-13(18-12)16-8-7-15-11/h4-5,7-8H,6,9-10H2,1-3H3,(H,16,17,18). The molecule has 102 valence electrons. The largest absolute Gasteiger partial charge is 0.385 e. The second-order valence-electron chi connectivity index (χ2n) is 5.36. The Morgan fingerprint density at radius 3 is 2.79 bits per heavy atom. The topological polar surface area (TPSA) is 59.9 Å². The van der Waals surface area contributed by atoms with Crippen molar-refractivity contribution in [1.29, 1.82) is 0 Å². The van der Waals surface area contributed by atoms with Crippen LogP contribution in [0.3, 0.4) is 0 Å². The van der Waals surface area contributed by atoms with Crippen LogP contribution in [0.5, 0.6) is 0 Å². The lowest BCUT2D eigenvalue weighted by molar-refractivity contribution is 0.157. The van der Waals surface area contributed by atoms with E-state index in [0.29, 0.717) is 5.65 Å². The number of hydrogen-bond donors (Lipinski definition) is 1. The molecule has 19 heavy (non-hydrogen) atoms. The molecule has 0 fully saturated rings. The van der Waals surface area contributed by atoms with Gasteiger partial charge in [0, 0.05) is 32.7 Å². The molecule has 5 heteroatoms. The Hall–Kier alpha value is -1.75. The first-order valence-corrected chi connectivity index (χ1v) is 6.41. The molecule has 0 bridgehead atoms. The molecule has 0 radical (unpaired) electrons. The molecular formula is C14H20N4O. The monoisotopic (exact) mass is 260 g/mol. The van der Waals surface area contributed by atoms with Gasteiger partial charge in [-0.15, -0.1) is 0 Å². The number of rotatable bonds is 6. The highest BCUT2D eigenvalue weighted by molar-refractivity contribution is 5.71. The minimum atomic E-state index is 0.162. The third-order valence-electron chi connectivity index (χ3n) is 3.06. The molecule has 2 aromatic rings. The maximum Gasteiger partial charge on any atom is 0.180 e. The van der Waals surface area contributed by atoms with Crippen molar-refractivity contribution in [3.8, 4) is 0 Å². The number of ether oxygens (including phenoxy) is 1. The Kier molecular flexibility index (Phi) is 4.27. The van der Waals surface area contributed by atoms with Crippen molar-refractivity contribution in [2.45, 2.75) is 20.3 Å². The fourth-order valence-corrected chi connectivity index (χ4v) is 1.75. The van der Waals surface area contributed by atoms with E-state index in [1.165, 1.54) is 0 Å². The summed E-state index contributed by atoms with van der Waals surface area (Å²) in [5, 5.41) is 3.35. The normalized spacial score (nSPS) is 11.7. The number of methoxy groups -OCH3 is 1. The first-order chi connectivity index (χ1) is 9.11. The fourth-order valence-electron chi connectivity index (χ4n) is 1.75. The molecule has 2 heterocycles. The van der Waals surface area contributed by atoms with Gasteiger partial charge in [-0.05, 0) is 24.0 Å². The van der Waals surface area contributed by atoms with Gasteiger partial charge in [-0.2, -0.15) is 0 Å². The van der Waals surface area contributed by atoms with E-state index < -0.39 is 0 Å². The molecule has 0 saturated carbocycles. The van der Waals surface area contributed by atoms with Crippen LogP contribution >= 0.6 is 0 Å². The van der Waals surface area contributed by atoms with Crippen LogP contribution in [0.25, 0.3) is 11.2 Å². The molecule has 0 aliphatic rings. The molecule has 2 rings (SSSR count). The first-order valence-electron chi connectivity index (χ1n) is 6.41. The average molecular weight is 260 g/mol. The minimum absolute atomic E-state index is 0.162. The molecule has 0 aliphatic heterocycles. The Morgan fingerprint density at radius 1 is 1.21 bits per heavy atom. The number of fused-ring (bicyclic) bond motifs is 1. The molecule has 2 aromatic heterocycles. The van der Waals surface area contributed by atoms with E-state index >= 15 is 0 Å². The zero-order valence-corrected chi connectivity index (χ0v) is 11.7. The van der Waals surface area contributed by atoms with Crippen molar-refractivity contribution < 1.29 is 4.74 Å². The molecule has 0 unspecified atom stereocenters. The highest BCUT2D eigenvalue weighted by Gasteiger charge is 2.17. The average Bonchev–Trinajstić information content (AvgIpc) is 2.43. The lowest BCUT2D eigenvalue weighted by atomic mass is 9.90. The molecule has 0 amide bonds. The van der Waals surface area contributed by atoms with Gasteiger partial charge in [-0.3, -0.25) is 4.98 Å². The fraction of sp³-hybridized carbons (Fsp3) is 0.500. The third-order valence-corrected chi connectivity index (χ3v) is 3.06. The number of hydrogen-bond acceptors (Lipinski definition) is 5. The van der Waals surface area contributed by atoms with Crippen LogP contribution in [-0.2, 0) is 4.74 Å². The van der Waals surface area contributed by atoms with Gasteiger partial charge >= 0.3 is 0 Å². The van der Waals surface area contributed by atoms with Crippen LogP contribution < -0.4 is 5.32 Å². The second kappa shape index (κ2) is 5.93. The molecular weight excluding hydrogens is 240 g/mol. The summed E-state index contributed by atoms with van der Waals surface area (Å²) in [6.45, 7) is 6.03. The summed E-state index contributed by atoms with van der Waals surface area (Å²) in [4.78, 5) is 12.8. The van der Waals surface area contributed by atoms with Gasteiger partial charge in [-0.25, -0.2) is 9.97 Å². The van der Waals surface area contributed by atoms with E-state index in [1.54, 1.807) is 19.5 Å². The van der Waals surface area contributed by atoms with Gasteiger partial charge in [0.1, 0.15) is 11.3 Å². The maximum atomic E-state index is 5.13. The van der Waals surface area contributed by atoms with Crippen LogP contribution in [0, 0.1) is 5.41 Å². The van der Waals surface area contributed by atoms with Crippen LogP contribution in [0.2, 0.25) is 0 Å². The van der Waals surface area contributed by atoms with Crippen LogP contribution in [0.1, 0.15) is 20.3 Å². The van der Waals surface area contributed by atoms with Crippen molar-refractivity contribution in [2.75, 3.05) is 25.6 Å². The van der Waals surface area contributed by atoms with Crippen LogP contribution in [0.15, 0.2) is 24.5 Å². The van der Waals surface area contributed by atoms with Crippen molar-refractivity contribution in [3.05, 3.63) is 24.5 Å². The van der Waals surface area contributed by atoms with E-state index in [1.807, 2.05) is 12.1 Å². The number of pyridine rings is 1. The first kappa shape index (κ1) is 13.7. The number of nitrogens with zero attached hydrogens (tertiary/aromatic N) is 3. The highest BCUT2D eigenvalue weighted by Crippen LogP contribution is 2.21. The summed E-state index contributed by atoms with van der Waals surface area (Å²) in [5.41, 5.74) is 1.64. The second-order valence-corrected chi connectivity index (χ2v) is 5.36. The van der Waals surface area contributed by atoms with Crippen molar-refractivity contribution in [3.63, 3.8) is 0 Å². The molecule has 5 nitrogen and oxygen atoms in total. The summed E-state index contributed by atoms with van der Waals surface area (Å²) in [5.74, 6) is 0.832. The van der Waals surface area contributed by atoms with Crippen molar-refractivity contribution in [1.82, 2.24) is 15.0 Å². The van der Waals surface area contributed by atoms with E-state index in [-0.39, 0.29) is 5.41 Å². The SMILES string of the molecule is COCCC(C)(C)CNc1ccc2nccnc2n1. The molecule has 0 spiro atoms. The van der Waals surface area contributed by atoms with E-state index in [0.717, 1.165) is 30.9 Å². The number of nitrogens with one attached hydrogen (secondary N) is 1. The minimum Gasteiger partial charge on any atom is -0.385 e. The zero-order chi connectivity index (χ0) is 13.7. The molecule has 0 aromatic carbocycles. The highest BCUT2D eigenvalue weighted by atomic mass is 16.5. The zero-order valence-electron chi connectivity index (χ0n) is 11.7. The van der Waals surface area contributed by atoms with Crippen LogP contribution in [-0.4, -0.2) is 35.2 Å². The lowest BCUT2D eigenvalue weighted by Crippen LogP contribution is -2.25. The predicted molar refractivity (Wildman–Crippen MR) is 76.1 cm³/mol. The van der Waals surface area contributed by atoms with Crippen molar-refractivity contribution in [2.24, 2.45) is 5.41 Å². The maximum absolute atomic E-state index is 5.13. The molecule has 0 aliphatic carbocycles. The van der Waals surface area contributed by atoms with Crippen LogP contribution in [0.4, 0.5) is 5.82 Å². The number of aromatic nitrogens is 3. The van der Waals surface area contributed by atoms with E-state index in [4.69, 9.17) is 4.74 Å². The van der Waals surface area contributed by atoms with Gasteiger partial charge in [0.15, 0.2) is 5.65 Å². The van der Waals surface area contributed by atoms with Gasteiger partial charge < -0.3 is 10.1 Å². The van der Waals surface area contributed by atoms with Gasteiger partial charge in [0.25, 0.3) is 0 Å². The Labute approximate surface area is 113 Å². The van der Waals surface area contributed by atoms with E-state index in [2.05, 4.69) is 34.1 Å².